The summed E-state index contributed by atoms with van der Waals surface area (Å²) >= 11 is 0. The number of ether oxygens (including phenoxy) is 1. The third-order valence-electron chi connectivity index (χ3n) is 7.25. The summed E-state index contributed by atoms with van der Waals surface area (Å²) in [5.41, 5.74) is 2.96. The Morgan fingerprint density at radius 1 is 1.29 bits per heavy atom. The van der Waals surface area contributed by atoms with Gasteiger partial charge in [-0.15, -0.1) is 0 Å². The fourth-order valence-electron chi connectivity index (χ4n) is 5.95. The topological polar surface area (TPSA) is 68.5 Å². The van der Waals surface area contributed by atoms with Gasteiger partial charge < -0.3 is 9.64 Å². The van der Waals surface area contributed by atoms with Crippen molar-refractivity contribution in [2.75, 3.05) is 13.6 Å². The molecule has 0 radical (unpaired) electrons. The van der Waals surface area contributed by atoms with Gasteiger partial charge in [-0.05, 0) is 74.5 Å². The standard InChI is InChI=1S/C22H25N3O3/c1-24-12-10-22-9-3-2-5-17(22)20(24)13-15-7-8-16(14-18(15)22)28-21-19(25(26)27)6-4-11-23-21/h4,6-8,11,14,17,20H,2-3,5,9-10,12-13H2,1H3/t17-,20-,22-/m1/s1. The van der Waals surface area contributed by atoms with Crippen LogP contribution in [-0.4, -0.2) is 34.4 Å². The zero-order valence-corrected chi connectivity index (χ0v) is 16.1. The molecule has 146 valence electrons. The van der Waals surface area contributed by atoms with E-state index >= 15 is 0 Å². The van der Waals surface area contributed by atoms with Crippen molar-refractivity contribution < 1.29 is 9.66 Å². The van der Waals surface area contributed by atoms with Crippen LogP contribution >= 0.6 is 0 Å². The molecule has 3 aliphatic rings. The fourth-order valence-corrected chi connectivity index (χ4v) is 5.95. The van der Waals surface area contributed by atoms with Gasteiger partial charge in [-0.2, -0.15) is 0 Å². The zero-order valence-electron chi connectivity index (χ0n) is 16.1. The molecule has 2 aliphatic carbocycles. The summed E-state index contributed by atoms with van der Waals surface area (Å²) < 4.78 is 5.91. The number of benzene rings is 1. The van der Waals surface area contributed by atoms with Gasteiger partial charge in [0.05, 0.1) is 4.92 Å². The molecule has 6 nitrogen and oxygen atoms in total. The molecule has 2 fully saturated rings. The van der Waals surface area contributed by atoms with Crippen LogP contribution in [0.4, 0.5) is 5.69 Å². The van der Waals surface area contributed by atoms with E-state index in [1.54, 1.807) is 6.07 Å². The average Bonchev–Trinajstić information content (AvgIpc) is 2.71. The Kier molecular flexibility index (Phi) is 4.12. The lowest BCUT2D eigenvalue weighted by Gasteiger charge is -2.58. The molecule has 0 unspecified atom stereocenters. The second-order valence-corrected chi connectivity index (χ2v) is 8.52. The van der Waals surface area contributed by atoms with Gasteiger partial charge >= 0.3 is 5.69 Å². The van der Waals surface area contributed by atoms with Crippen molar-refractivity contribution >= 4 is 5.69 Å². The summed E-state index contributed by atoms with van der Waals surface area (Å²) in [7, 11) is 2.27. The maximum atomic E-state index is 11.3. The molecular weight excluding hydrogens is 354 g/mol. The number of piperidine rings is 1. The van der Waals surface area contributed by atoms with Gasteiger partial charge in [-0.1, -0.05) is 18.9 Å². The number of nitro groups is 1. The summed E-state index contributed by atoms with van der Waals surface area (Å²) in [5, 5.41) is 11.3. The van der Waals surface area contributed by atoms with Crippen molar-refractivity contribution in [2.45, 2.75) is 50.0 Å². The highest BCUT2D eigenvalue weighted by Gasteiger charge is 2.53. The largest absolute Gasteiger partial charge is 0.434 e. The van der Waals surface area contributed by atoms with E-state index in [0.717, 1.165) is 13.0 Å². The molecule has 1 aromatic heterocycles. The minimum atomic E-state index is -0.446. The van der Waals surface area contributed by atoms with Gasteiger partial charge in [0.25, 0.3) is 5.88 Å². The first-order valence-corrected chi connectivity index (χ1v) is 10.2. The number of nitrogens with zero attached hydrogens (tertiary/aromatic N) is 3. The normalized spacial score (nSPS) is 28.9. The summed E-state index contributed by atoms with van der Waals surface area (Å²) in [6.45, 7) is 1.14. The van der Waals surface area contributed by atoms with Crippen molar-refractivity contribution in [1.82, 2.24) is 9.88 Å². The molecule has 0 amide bonds. The highest BCUT2D eigenvalue weighted by molar-refractivity contribution is 5.48. The van der Waals surface area contributed by atoms with E-state index in [2.05, 4.69) is 29.1 Å². The molecule has 6 heteroatoms. The third-order valence-corrected chi connectivity index (χ3v) is 7.25. The van der Waals surface area contributed by atoms with Gasteiger partial charge in [0.2, 0.25) is 0 Å². The SMILES string of the molecule is CN1CC[C@]23CCCC[C@@H]2[C@H]1Cc1ccc(Oc2ncccc2[N+](=O)[O-])cc13. The molecule has 1 aliphatic heterocycles. The second kappa shape index (κ2) is 6.55. The third kappa shape index (κ3) is 2.62. The number of aromatic nitrogens is 1. The molecule has 1 saturated heterocycles. The van der Waals surface area contributed by atoms with Crippen LogP contribution in [0.5, 0.6) is 11.6 Å². The van der Waals surface area contributed by atoms with Crippen LogP contribution in [-0.2, 0) is 11.8 Å². The van der Waals surface area contributed by atoms with Gasteiger partial charge in [0.15, 0.2) is 0 Å². The fraction of sp³-hybridized carbons (Fsp3) is 0.500. The summed E-state index contributed by atoms with van der Waals surface area (Å²) in [5.74, 6) is 1.41. The molecule has 2 heterocycles. The Bertz CT molecular complexity index is 931. The van der Waals surface area contributed by atoms with Crippen LogP contribution < -0.4 is 4.74 Å². The van der Waals surface area contributed by atoms with E-state index in [9.17, 15) is 10.1 Å². The van der Waals surface area contributed by atoms with Crippen LogP contribution in [0.1, 0.15) is 43.2 Å². The van der Waals surface area contributed by atoms with Crippen molar-refractivity contribution in [3.05, 3.63) is 57.8 Å². The lowest BCUT2D eigenvalue weighted by Crippen LogP contribution is -2.59. The smallest absolute Gasteiger partial charge is 0.331 e. The highest BCUT2D eigenvalue weighted by atomic mass is 16.6. The van der Waals surface area contributed by atoms with Crippen molar-refractivity contribution in [1.29, 1.82) is 0 Å². The number of likely N-dealkylation sites (N-methyl/N-ethyl adjacent to an activating group) is 1. The summed E-state index contributed by atoms with van der Waals surface area (Å²) in [6, 6.07) is 9.86. The van der Waals surface area contributed by atoms with Gasteiger partial charge in [-0.3, -0.25) is 10.1 Å². The molecule has 0 N–H and O–H groups in total. The highest BCUT2D eigenvalue weighted by Crippen LogP contribution is 2.56. The van der Waals surface area contributed by atoms with E-state index in [1.807, 2.05) is 6.07 Å². The minimum Gasteiger partial charge on any atom is -0.434 e. The Morgan fingerprint density at radius 2 is 2.18 bits per heavy atom. The molecular formula is C22H25N3O3. The van der Waals surface area contributed by atoms with E-state index in [1.165, 1.54) is 55.5 Å². The Balaban J connectivity index is 1.55. The monoisotopic (exact) mass is 379 g/mol. The quantitative estimate of drug-likeness (QED) is 0.581. The van der Waals surface area contributed by atoms with Crippen LogP contribution in [0.2, 0.25) is 0 Å². The number of hydrogen-bond acceptors (Lipinski definition) is 5. The molecule has 1 aromatic carbocycles. The van der Waals surface area contributed by atoms with E-state index in [0.29, 0.717) is 17.7 Å². The van der Waals surface area contributed by atoms with Gasteiger partial charge in [0.1, 0.15) is 5.75 Å². The zero-order chi connectivity index (χ0) is 19.3. The molecule has 2 bridgehead atoms. The van der Waals surface area contributed by atoms with Crippen molar-refractivity contribution in [3.8, 4) is 11.6 Å². The molecule has 28 heavy (non-hydrogen) atoms. The number of fused-ring (bicyclic) bond motifs is 1. The first-order chi connectivity index (χ1) is 13.6. The molecule has 3 atom stereocenters. The first-order valence-electron chi connectivity index (χ1n) is 10.2. The lowest BCUT2D eigenvalue weighted by atomic mass is 9.52. The Labute approximate surface area is 164 Å². The predicted octanol–water partition coefficient (Wildman–Crippen LogP) is 4.47. The van der Waals surface area contributed by atoms with Gasteiger partial charge in [0, 0.05) is 23.7 Å². The van der Waals surface area contributed by atoms with Crippen LogP contribution in [0.3, 0.4) is 0 Å². The molecule has 1 saturated carbocycles. The summed E-state index contributed by atoms with van der Waals surface area (Å²) in [4.78, 5) is 17.5. The van der Waals surface area contributed by atoms with E-state index in [4.69, 9.17) is 4.74 Å². The van der Waals surface area contributed by atoms with Crippen molar-refractivity contribution in [3.63, 3.8) is 0 Å². The van der Waals surface area contributed by atoms with Gasteiger partial charge in [-0.25, -0.2) is 4.98 Å². The van der Waals surface area contributed by atoms with E-state index < -0.39 is 4.92 Å². The van der Waals surface area contributed by atoms with Crippen LogP contribution in [0.15, 0.2) is 36.5 Å². The molecule has 5 rings (SSSR count). The number of pyridine rings is 1. The summed E-state index contributed by atoms with van der Waals surface area (Å²) in [6.07, 6.45) is 8.93. The number of likely N-dealkylation sites (tertiary alicyclic amines) is 1. The molecule has 0 spiro atoms. The van der Waals surface area contributed by atoms with Crippen molar-refractivity contribution in [2.24, 2.45) is 5.92 Å². The number of hydrogen-bond donors (Lipinski definition) is 0. The molecule has 2 aromatic rings. The number of rotatable bonds is 3. The maximum Gasteiger partial charge on any atom is 0.331 e. The van der Waals surface area contributed by atoms with Crippen LogP contribution in [0.25, 0.3) is 0 Å². The first kappa shape index (κ1) is 17.6. The lowest BCUT2D eigenvalue weighted by molar-refractivity contribution is -0.386. The Morgan fingerprint density at radius 3 is 3.04 bits per heavy atom. The minimum absolute atomic E-state index is 0.0576. The van der Waals surface area contributed by atoms with Crippen LogP contribution in [0, 0.1) is 16.0 Å². The predicted molar refractivity (Wildman–Crippen MR) is 106 cm³/mol. The average molecular weight is 379 g/mol. The second-order valence-electron chi connectivity index (χ2n) is 8.52. The Hall–Kier alpha value is -2.47. The van der Waals surface area contributed by atoms with E-state index in [-0.39, 0.29) is 17.0 Å². The maximum absolute atomic E-state index is 11.3.